The van der Waals surface area contributed by atoms with Gasteiger partial charge in [0, 0.05) is 18.8 Å². The number of hydrogen-bond donors (Lipinski definition) is 1. The summed E-state index contributed by atoms with van der Waals surface area (Å²) >= 11 is 0. The third kappa shape index (κ3) is 3.17. The molecule has 0 heterocycles. The normalized spacial score (nSPS) is 12.2. The van der Waals surface area contributed by atoms with Gasteiger partial charge in [0.15, 0.2) is 0 Å². The molecule has 0 aliphatic carbocycles. The molecular formula is C17H21FN2. The van der Waals surface area contributed by atoms with E-state index < -0.39 is 0 Å². The lowest BCUT2D eigenvalue weighted by atomic mass is 10.0. The number of nitrogens with zero attached hydrogens (tertiary/aromatic N) is 1. The van der Waals surface area contributed by atoms with Crippen molar-refractivity contribution in [1.29, 1.82) is 0 Å². The summed E-state index contributed by atoms with van der Waals surface area (Å²) in [5.74, 6) is -0.221. The minimum Gasteiger partial charge on any atom is -0.363 e. The minimum absolute atomic E-state index is 0.0162. The average molecular weight is 272 g/mol. The van der Waals surface area contributed by atoms with Gasteiger partial charge in [-0.1, -0.05) is 24.3 Å². The quantitative estimate of drug-likeness (QED) is 0.900. The number of rotatable bonds is 5. The van der Waals surface area contributed by atoms with Crippen LogP contribution in [0, 0.1) is 12.7 Å². The molecule has 0 radical (unpaired) electrons. The van der Waals surface area contributed by atoms with Crippen molar-refractivity contribution in [2.75, 3.05) is 18.0 Å². The zero-order valence-corrected chi connectivity index (χ0v) is 12.0. The molecule has 0 bridgehead atoms. The van der Waals surface area contributed by atoms with E-state index in [1.165, 1.54) is 11.6 Å². The van der Waals surface area contributed by atoms with Crippen LogP contribution in [-0.4, -0.2) is 13.1 Å². The van der Waals surface area contributed by atoms with Gasteiger partial charge >= 0.3 is 0 Å². The van der Waals surface area contributed by atoms with Crippen molar-refractivity contribution in [3.05, 3.63) is 65.5 Å². The van der Waals surface area contributed by atoms with Crippen molar-refractivity contribution in [1.82, 2.24) is 0 Å². The first kappa shape index (κ1) is 14.5. The molecule has 2 aromatic rings. The van der Waals surface area contributed by atoms with Crippen molar-refractivity contribution in [3.63, 3.8) is 0 Å². The van der Waals surface area contributed by atoms with Crippen LogP contribution in [0.5, 0.6) is 0 Å². The Morgan fingerprint density at radius 1 is 1.15 bits per heavy atom. The Hall–Kier alpha value is -1.87. The van der Waals surface area contributed by atoms with Crippen LogP contribution in [0.3, 0.4) is 0 Å². The molecule has 0 fully saturated rings. The Morgan fingerprint density at radius 3 is 2.50 bits per heavy atom. The molecule has 0 aliphatic rings. The molecule has 2 nitrogen and oxygen atoms in total. The molecule has 2 aromatic carbocycles. The number of likely N-dealkylation sites (N-methyl/N-ethyl adjacent to an activating group) is 1. The first-order chi connectivity index (χ1) is 9.65. The van der Waals surface area contributed by atoms with Crippen LogP contribution < -0.4 is 10.6 Å². The lowest BCUT2D eigenvalue weighted by Crippen LogP contribution is -2.33. The third-order valence-corrected chi connectivity index (χ3v) is 3.51. The molecule has 0 saturated carbocycles. The van der Waals surface area contributed by atoms with Crippen molar-refractivity contribution >= 4 is 5.69 Å². The Labute approximate surface area is 120 Å². The Balaban J connectivity index is 2.37. The van der Waals surface area contributed by atoms with Crippen LogP contribution in [-0.2, 0) is 0 Å². The Kier molecular flexibility index (Phi) is 4.74. The standard InChI is InChI=1S/C17H21FN2/c1-3-20(16-9-4-6-13(2)10-16)17(12-19)14-7-5-8-15(18)11-14/h4-11,17H,3,12,19H2,1-2H3. The number of anilines is 1. The zero-order valence-electron chi connectivity index (χ0n) is 12.0. The Bertz CT molecular complexity index is 517. The predicted octanol–water partition coefficient (Wildman–Crippen LogP) is 3.66. The van der Waals surface area contributed by atoms with Gasteiger partial charge in [-0.25, -0.2) is 4.39 Å². The summed E-state index contributed by atoms with van der Waals surface area (Å²) in [6, 6.07) is 15.0. The molecule has 2 rings (SSSR count). The third-order valence-electron chi connectivity index (χ3n) is 3.51. The van der Waals surface area contributed by atoms with E-state index in [1.54, 1.807) is 12.1 Å². The fraction of sp³-hybridized carbons (Fsp3) is 0.294. The zero-order chi connectivity index (χ0) is 14.5. The highest BCUT2D eigenvalue weighted by molar-refractivity contribution is 5.50. The van der Waals surface area contributed by atoms with Gasteiger partial charge in [0.1, 0.15) is 5.82 Å². The molecule has 20 heavy (non-hydrogen) atoms. The van der Waals surface area contributed by atoms with Gasteiger partial charge in [-0.15, -0.1) is 0 Å². The lowest BCUT2D eigenvalue weighted by molar-refractivity contribution is 0.607. The van der Waals surface area contributed by atoms with Crippen molar-refractivity contribution in [3.8, 4) is 0 Å². The average Bonchev–Trinajstić information content (AvgIpc) is 2.44. The summed E-state index contributed by atoms with van der Waals surface area (Å²) in [4.78, 5) is 2.21. The van der Waals surface area contributed by atoms with E-state index in [0.29, 0.717) is 6.54 Å². The summed E-state index contributed by atoms with van der Waals surface area (Å²) in [5, 5.41) is 0. The summed E-state index contributed by atoms with van der Waals surface area (Å²) < 4.78 is 13.4. The van der Waals surface area contributed by atoms with E-state index in [1.807, 2.05) is 12.1 Å². The highest BCUT2D eigenvalue weighted by Crippen LogP contribution is 2.27. The summed E-state index contributed by atoms with van der Waals surface area (Å²) in [7, 11) is 0. The van der Waals surface area contributed by atoms with E-state index in [-0.39, 0.29) is 11.9 Å². The molecular weight excluding hydrogens is 251 g/mol. The number of hydrogen-bond acceptors (Lipinski definition) is 2. The fourth-order valence-electron chi connectivity index (χ4n) is 2.55. The van der Waals surface area contributed by atoms with Gasteiger partial charge in [0.2, 0.25) is 0 Å². The van der Waals surface area contributed by atoms with Crippen LogP contribution in [0.1, 0.15) is 24.1 Å². The first-order valence-electron chi connectivity index (χ1n) is 6.94. The van der Waals surface area contributed by atoms with E-state index >= 15 is 0 Å². The number of aryl methyl sites for hydroxylation is 1. The minimum atomic E-state index is -0.221. The largest absolute Gasteiger partial charge is 0.363 e. The summed E-state index contributed by atoms with van der Waals surface area (Å²) in [6.07, 6.45) is 0. The highest BCUT2D eigenvalue weighted by atomic mass is 19.1. The number of halogens is 1. The number of benzene rings is 2. The van der Waals surface area contributed by atoms with Gasteiger partial charge < -0.3 is 10.6 Å². The monoisotopic (exact) mass is 272 g/mol. The van der Waals surface area contributed by atoms with E-state index in [2.05, 4.69) is 36.9 Å². The van der Waals surface area contributed by atoms with Gasteiger partial charge in [-0.3, -0.25) is 0 Å². The second-order valence-corrected chi connectivity index (χ2v) is 4.93. The van der Waals surface area contributed by atoms with Crippen LogP contribution in [0.15, 0.2) is 48.5 Å². The molecule has 1 unspecified atom stereocenters. The van der Waals surface area contributed by atoms with Gasteiger partial charge in [0.05, 0.1) is 6.04 Å². The molecule has 0 spiro atoms. The molecule has 1 atom stereocenters. The maximum absolute atomic E-state index is 13.4. The molecule has 3 heteroatoms. The van der Waals surface area contributed by atoms with Crippen molar-refractivity contribution < 1.29 is 4.39 Å². The molecule has 2 N–H and O–H groups in total. The second-order valence-electron chi connectivity index (χ2n) is 4.93. The summed E-state index contributed by atoms with van der Waals surface area (Å²) in [6.45, 7) is 5.42. The lowest BCUT2D eigenvalue weighted by Gasteiger charge is -2.32. The van der Waals surface area contributed by atoms with Crippen LogP contribution in [0.4, 0.5) is 10.1 Å². The fourth-order valence-corrected chi connectivity index (χ4v) is 2.55. The van der Waals surface area contributed by atoms with Crippen molar-refractivity contribution in [2.24, 2.45) is 5.73 Å². The number of nitrogens with two attached hydrogens (primary N) is 1. The SMILES string of the molecule is CCN(c1cccc(C)c1)C(CN)c1cccc(F)c1. The summed E-state index contributed by atoms with van der Waals surface area (Å²) in [5.41, 5.74) is 9.18. The first-order valence-corrected chi connectivity index (χ1v) is 6.94. The van der Waals surface area contributed by atoms with Crippen LogP contribution >= 0.6 is 0 Å². The molecule has 0 saturated heterocycles. The molecule has 0 aliphatic heterocycles. The highest BCUT2D eigenvalue weighted by Gasteiger charge is 2.18. The van der Waals surface area contributed by atoms with E-state index in [9.17, 15) is 4.39 Å². The van der Waals surface area contributed by atoms with Gasteiger partial charge in [0.25, 0.3) is 0 Å². The molecule has 0 amide bonds. The topological polar surface area (TPSA) is 29.3 Å². The molecule has 0 aromatic heterocycles. The van der Waals surface area contributed by atoms with E-state index in [0.717, 1.165) is 17.8 Å². The van der Waals surface area contributed by atoms with Gasteiger partial charge in [-0.2, -0.15) is 0 Å². The van der Waals surface area contributed by atoms with Crippen LogP contribution in [0.2, 0.25) is 0 Å². The predicted molar refractivity (Wildman–Crippen MR) is 82.4 cm³/mol. The maximum atomic E-state index is 13.4. The maximum Gasteiger partial charge on any atom is 0.123 e. The second kappa shape index (κ2) is 6.53. The van der Waals surface area contributed by atoms with Crippen molar-refractivity contribution in [2.45, 2.75) is 19.9 Å². The van der Waals surface area contributed by atoms with Gasteiger partial charge in [-0.05, 0) is 49.2 Å². The van der Waals surface area contributed by atoms with E-state index in [4.69, 9.17) is 5.73 Å². The smallest absolute Gasteiger partial charge is 0.123 e. The van der Waals surface area contributed by atoms with Crippen LogP contribution in [0.25, 0.3) is 0 Å². The Morgan fingerprint density at radius 2 is 1.90 bits per heavy atom. The molecule has 106 valence electrons.